The molecule has 0 aromatic heterocycles. The van der Waals surface area contributed by atoms with Crippen LogP contribution in [0.15, 0.2) is 18.2 Å². The van der Waals surface area contributed by atoms with Crippen molar-refractivity contribution in [1.29, 1.82) is 0 Å². The van der Waals surface area contributed by atoms with Crippen molar-refractivity contribution in [3.8, 4) is 17.2 Å². The normalized spacial score (nSPS) is 30.8. The van der Waals surface area contributed by atoms with Crippen LogP contribution in [-0.2, 0) is 9.68 Å². The summed E-state index contributed by atoms with van der Waals surface area (Å²) in [6.07, 6.45) is 7.66. The van der Waals surface area contributed by atoms with E-state index < -0.39 is 5.54 Å². The lowest BCUT2D eigenvalue weighted by Crippen LogP contribution is -2.54. The predicted molar refractivity (Wildman–Crippen MR) is 187 cm³/mol. The van der Waals surface area contributed by atoms with Crippen LogP contribution < -0.4 is 14.2 Å². The van der Waals surface area contributed by atoms with Gasteiger partial charge in [0.15, 0.2) is 0 Å². The van der Waals surface area contributed by atoms with Gasteiger partial charge in [-0.25, -0.2) is 0 Å². The molecule has 0 amide bonds. The summed E-state index contributed by atoms with van der Waals surface area (Å²) in [5, 5.41) is 16.9. The quantitative estimate of drug-likeness (QED) is 0.295. The highest BCUT2D eigenvalue weighted by molar-refractivity contribution is 5.42. The van der Waals surface area contributed by atoms with Gasteiger partial charge in [-0.05, 0) is 122 Å². The summed E-state index contributed by atoms with van der Waals surface area (Å²) in [6.45, 7) is 26.2. The zero-order chi connectivity index (χ0) is 35.2. The molecule has 0 spiro atoms. The molecule has 3 fully saturated rings. The summed E-state index contributed by atoms with van der Waals surface area (Å²) in [5.41, 5.74) is -1.44. The number of ether oxygens (including phenoxy) is 3. The van der Waals surface area contributed by atoms with Gasteiger partial charge >= 0.3 is 0 Å². The molecule has 3 aliphatic heterocycles. The van der Waals surface area contributed by atoms with Crippen molar-refractivity contribution in [2.75, 3.05) is 14.2 Å². The van der Waals surface area contributed by atoms with Gasteiger partial charge in [-0.3, -0.25) is 0 Å². The van der Waals surface area contributed by atoms with Gasteiger partial charge in [0.2, 0.25) is 0 Å². The van der Waals surface area contributed by atoms with Crippen molar-refractivity contribution < 1.29 is 29.1 Å². The minimum atomic E-state index is -0.435. The van der Waals surface area contributed by atoms with Crippen LogP contribution in [0.2, 0.25) is 0 Å². The molecular weight excluding hydrogens is 594 g/mol. The van der Waals surface area contributed by atoms with Gasteiger partial charge in [0.25, 0.3) is 0 Å². The highest BCUT2D eigenvalue weighted by atomic mass is 16.7. The lowest BCUT2D eigenvalue weighted by Gasteiger charge is -2.44. The Morgan fingerprint density at radius 2 is 0.787 bits per heavy atom. The Morgan fingerprint density at radius 1 is 0.489 bits per heavy atom. The van der Waals surface area contributed by atoms with Crippen LogP contribution >= 0.6 is 0 Å². The van der Waals surface area contributed by atoms with Crippen LogP contribution in [-0.4, -0.2) is 86.2 Å². The maximum Gasteiger partial charge on any atom is 0.127 e. The molecule has 4 rings (SSSR count). The molecule has 3 atom stereocenters. The van der Waals surface area contributed by atoms with Crippen molar-refractivity contribution in [3.63, 3.8) is 0 Å². The Kier molecular flexibility index (Phi) is 11.0. The lowest BCUT2D eigenvalue weighted by atomic mass is 9.95. The third-order valence-electron chi connectivity index (χ3n) is 10.9. The van der Waals surface area contributed by atoms with E-state index in [0.29, 0.717) is 6.42 Å². The molecule has 3 unspecified atom stereocenters. The Morgan fingerprint density at radius 3 is 1.11 bits per heavy atom. The number of benzene rings is 1. The third-order valence-corrected chi connectivity index (χ3v) is 10.9. The lowest BCUT2D eigenvalue weighted by molar-refractivity contribution is -0.246. The highest BCUT2D eigenvalue weighted by Gasteiger charge is 2.46. The van der Waals surface area contributed by atoms with Crippen molar-refractivity contribution in [2.24, 2.45) is 0 Å². The summed E-state index contributed by atoms with van der Waals surface area (Å²) >= 11 is 0. The fourth-order valence-corrected chi connectivity index (χ4v) is 9.16. The zero-order valence-electron chi connectivity index (χ0n) is 32.2. The first-order chi connectivity index (χ1) is 21.5. The van der Waals surface area contributed by atoms with Crippen LogP contribution in [0.5, 0.6) is 17.2 Å². The molecule has 3 saturated heterocycles. The van der Waals surface area contributed by atoms with E-state index in [-0.39, 0.29) is 46.0 Å². The summed E-state index contributed by atoms with van der Waals surface area (Å²) in [4.78, 5) is 11.8. The summed E-state index contributed by atoms with van der Waals surface area (Å²) in [7, 11) is 3.53. The molecule has 0 bridgehead atoms. The van der Waals surface area contributed by atoms with Gasteiger partial charge in [0.1, 0.15) is 35.6 Å². The molecular formula is C38H67N3O6. The van der Waals surface area contributed by atoms with Crippen LogP contribution in [0.4, 0.5) is 0 Å². The topological polar surface area (TPSA) is 76.1 Å². The molecule has 3 heterocycles. The Bertz CT molecular complexity index is 1150. The molecule has 270 valence electrons. The molecule has 47 heavy (non-hydrogen) atoms. The fraction of sp³-hybridized carbons (Fsp3) is 0.842. The average molecular weight is 662 g/mol. The van der Waals surface area contributed by atoms with Crippen molar-refractivity contribution in [3.05, 3.63) is 18.2 Å². The van der Waals surface area contributed by atoms with Gasteiger partial charge in [0.05, 0.1) is 14.2 Å². The maximum absolute atomic E-state index is 11.1. The number of nitrogens with zero attached hydrogens (tertiary/aromatic N) is 3. The molecule has 1 N–H and O–H groups in total. The van der Waals surface area contributed by atoms with Gasteiger partial charge in [-0.2, -0.15) is 15.2 Å². The monoisotopic (exact) mass is 662 g/mol. The molecule has 9 heteroatoms. The predicted octanol–water partition coefficient (Wildman–Crippen LogP) is 8.57. The van der Waals surface area contributed by atoms with Crippen LogP contribution in [0.1, 0.15) is 141 Å². The van der Waals surface area contributed by atoms with Crippen LogP contribution in [0.3, 0.4) is 0 Å². The minimum absolute atomic E-state index is 0.000888. The molecule has 0 aliphatic carbocycles. The van der Waals surface area contributed by atoms with Crippen molar-refractivity contribution >= 4 is 0 Å². The van der Waals surface area contributed by atoms with Gasteiger partial charge < -0.3 is 29.1 Å². The van der Waals surface area contributed by atoms with E-state index in [1.165, 1.54) is 5.06 Å². The first-order valence-corrected chi connectivity index (χ1v) is 17.8. The SMILES string of the molecule is CON1C(C)(C)CCC(Oc2cc(OC3CCC(C)(C)N(O)C(C)(C)C3)cc(OC3CCC(C)(C)N(OC)C(C)(C)C3)c2)CC1(C)C. The van der Waals surface area contributed by atoms with Crippen LogP contribution in [0.25, 0.3) is 0 Å². The van der Waals surface area contributed by atoms with Crippen molar-refractivity contribution in [2.45, 2.75) is 192 Å². The number of rotatable bonds is 8. The molecule has 0 saturated carbocycles. The second-order valence-electron chi connectivity index (χ2n) is 18.2. The van der Waals surface area contributed by atoms with E-state index in [1.54, 1.807) is 14.2 Å². The zero-order valence-corrected chi connectivity index (χ0v) is 32.2. The number of hydrogen-bond donors (Lipinski definition) is 1. The van der Waals surface area contributed by atoms with Gasteiger partial charge in [-0.1, -0.05) is 0 Å². The van der Waals surface area contributed by atoms with E-state index in [1.807, 2.05) is 18.2 Å². The highest BCUT2D eigenvalue weighted by Crippen LogP contribution is 2.42. The standard InChI is InChI=1S/C38H67N3O6/c1-33(2)18-15-27(24-36(7,8)39(33)42)45-30-21-31(46-28-16-19-34(3,4)40(43-13)37(9,10)25-28)23-32(22-30)47-29-17-20-35(5,6)41(44-14)38(11,12)26-29/h21-23,27-29,42H,15-20,24-26H2,1-14H3. The summed E-state index contributed by atoms with van der Waals surface area (Å²) < 4.78 is 20.5. The Hall–Kier alpha value is -1.62. The molecule has 9 nitrogen and oxygen atoms in total. The van der Waals surface area contributed by atoms with E-state index in [2.05, 4.69) is 93.2 Å². The van der Waals surface area contributed by atoms with E-state index in [0.717, 1.165) is 68.6 Å². The molecule has 1 aromatic carbocycles. The number of hydroxylamine groups is 6. The molecule has 3 aliphatic rings. The van der Waals surface area contributed by atoms with E-state index in [4.69, 9.17) is 23.9 Å². The molecule has 1 aromatic rings. The van der Waals surface area contributed by atoms with Gasteiger partial charge in [0, 0.05) is 70.7 Å². The number of hydrogen-bond acceptors (Lipinski definition) is 9. The Labute approximate surface area is 286 Å². The largest absolute Gasteiger partial charge is 0.490 e. The second-order valence-corrected chi connectivity index (χ2v) is 18.2. The smallest absolute Gasteiger partial charge is 0.127 e. The summed E-state index contributed by atoms with van der Waals surface area (Å²) in [6, 6.07) is 6.09. The summed E-state index contributed by atoms with van der Waals surface area (Å²) in [5.74, 6) is 2.25. The molecule has 0 radical (unpaired) electrons. The maximum atomic E-state index is 11.1. The van der Waals surface area contributed by atoms with Crippen molar-refractivity contribution in [1.82, 2.24) is 15.2 Å². The first-order valence-electron chi connectivity index (χ1n) is 17.8. The average Bonchev–Trinajstić information content (AvgIpc) is 3.10. The first kappa shape index (κ1) is 38.2. The third kappa shape index (κ3) is 8.76. The van der Waals surface area contributed by atoms with E-state index in [9.17, 15) is 5.21 Å². The van der Waals surface area contributed by atoms with Gasteiger partial charge in [-0.15, -0.1) is 0 Å². The second kappa shape index (κ2) is 13.6. The van der Waals surface area contributed by atoms with Crippen LogP contribution in [0, 0.1) is 0 Å². The minimum Gasteiger partial charge on any atom is -0.490 e. The fourth-order valence-electron chi connectivity index (χ4n) is 9.16. The van der Waals surface area contributed by atoms with E-state index >= 15 is 0 Å². The Balaban J connectivity index is 1.65.